The molecule has 58 valence electrons. The molecule has 0 amide bonds. The van der Waals surface area contributed by atoms with Crippen LogP contribution in [0.3, 0.4) is 0 Å². The van der Waals surface area contributed by atoms with Crippen LogP contribution in [0.15, 0.2) is 12.3 Å². The van der Waals surface area contributed by atoms with Gasteiger partial charge in [0, 0.05) is 5.69 Å². The number of pyridine rings is 1. The number of aromatic nitrogens is 1. The van der Waals surface area contributed by atoms with Crippen LogP contribution in [-0.2, 0) is 0 Å². The third-order valence-corrected chi connectivity index (χ3v) is 2.16. The zero-order valence-electron chi connectivity index (χ0n) is 6.67. The molecule has 1 fully saturated rings. The van der Waals surface area contributed by atoms with E-state index in [-0.39, 0.29) is 0 Å². The van der Waals surface area contributed by atoms with Gasteiger partial charge >= 0.3 is 0 Å². The van der Waals surface area contributed by atoms with Crippen molar-refractivity contribution in [3.05, 3.63) is 23.5 Å². The van der Waals surface area contributed by atoms with E-state index in [9.17, 15) is 0 Å². The first-order valence-electron chi connectivity index (χ1n) is 3.99. The summed E-state index contributed by atoms with van der Waals surface area (Å²) >= 11 is 0. The number of hydrogen-bond acceptors (Lipinski definition) is 2. The first-order chi connectivity index (χ1) is 5.27. The topological polar surface area (TPSA) is 38.9 Å². The van der Waals surface area contributed by atoms with E-state index in [0.717, 1.165) is 17.3 Å². The summed E-state index contributed by atoms with van der Waals surface area (Å²) in [5, 5.41) is 0. The van der Waals surface area contributed by atoms with Crippen molar-refractivity contribution in [3.8, 4) is 0 Å². The molecule has 11 heavy (non-hydrogen) atoms. The van der Waals surface area contributed by atoms with E-state index in [0.29, 0.717) is 0 Å². The van der Waals surface area contributed by atoms with Crippen molar-refractivity contribution in [1.29, 1.82) is 0 Å². The predicted octanol–water partition coefficient (Wildman–Crippen LogP) is 1.85. The monoisotopic (exact) mass is 148 g/mol. The zero-order valence-corrected chi connectivity index (χ0v) is 6.67. The molecule has 0 saturated heterocycles. The Balaban J connectivity index is 2.42. The van der Waals surface area contributed by atoms with E-state index in [1.807, 2.05) is 6.92 Å². The van der Waals surface area contributed by atoms with Crippen molar-refractivity contribution in [2.24, 2.45) is 0 Å². The van der Waals surface area contributed by atoms with Crippen LogP contribution in [0.5, 0.6) is 0 Å². The van der Waals surface area contributed by atoms with Crippen LogP contribution in [-0.4, -0.2) is 4.98 Å². The minimum atomic E-state index is 0.756. The van der Waals surface area contributed by atoms with Gasteiger partial charge in [-0.15, -0.1) is 0 Å². The van der Waals surface area contributed by atoms with Gasteiger partial charge in [-0.2, -0.15) is 0 Å². The molecule has 0 atom stereocenters. The van der Waals surface area contributed by atoms with Gasteiger partial charge in [0.15, 0.2) is 0 Å². The lowest BCUT2D eigenvalue weighted by molar-refractivity contribution is 1.04. The Morgan fingerprint density at radius 3 is 2.91 bits per heavy atom. The summed E-state index contributed by atoms with van der Waals surface area (Å²) in [4.78, 5) is 4.21. The van der Waals surface area contributed by atoms with Crippen LogP contribution >= 0.6 is 0 Å². The minimum Gasteiger partial charge on any atom is -0.397 e. The maximum atomic E-state index is 5.63. The van der Waals surface area contributed by atoms with Crippen molar-refractivity contribution < 1.29 is 0 Å². The first-order valence-corrected chi connectivity index (χ1v) is 3.99. The number of nitrogens with two attached hydrogens (primary N) is 1. The van der Waals surface area contributed by atoms with Crippen LogP contribution < -0.4 is 5.73 Å². The molecule has 0 spiro atoms. The Hall–Kier alpha value is -1.05. The molecular weight excluding hydrogens is 136 g/mol. The fourth-order valence-electron chi connectivity index (χ4n) is 1.37. The molecule has 1 saturated carbocycles. The molecular formula is C9H12N2. The third-order valence-electron chi connectivity index (χ3n) is 2.16. The smallest absolute Gasteiger partial charge is 0.0503 e. The van der Waals surface area contributed by atoms with Crippen molar-refractivity contribution in [1.82, 2.24) is 4.98 Å². The Morgan fingerprint density at radius 1 is 1.55 bits per heavy atom. The molecule has 0 bridgehead atoms. The molecule has 1 aliphatic rings. The van der Waals surface area contributed by atoms with Crippen molar-refractivity contribution >= 4 is 5.69 Å². The third kappa shape index (κ3) is 1.20. The van der Waals surface area contributed by atoms with Crippen LogP contribution in [0.4, 0.5) is 5.69 Å². The fourth-order valence-corrected chi connectivity index (χ4v) is 1.37. The van der Waals surface area contributed by atoms with Crippen LogP contribution in [0, 0.1) is 6.92 Å². The molecule has 2 nitrogen and oxygen atoms in total. The lowest BCUT2D eigenvalue weighted by atomic mass is 10.1. The molecule has 0 unspecified atom stereocenters. The lowest BCUT2D eigenvalue weighted by Crippen LogP contribution is -1.93. The number of aryl methyl sites for hydroxylation is 1. The van der Waals surface area contributed by atoms with Crippen LogP contribution in [0.25, 0.3) is 0 Å². The number of nitrogen functional groups attached to an aromatic ring is 1. The van der Waals surface area contributed by atoms with E-state index in [1.54, 1.807) is 6.20 Å². The summed E-state index contributed by atoms with van der Waals surface area (Å²) in [5.41, 5.74) is 8.91. The predicted molar refractivity (Wildman–Crippen MR) is 45.4 cm³/mol. The van der Waals surface area contributed by atoms with Gasteiger partial charge in [-0.05, 0) is 37.3 Å². The van der Waals surface area contributed by atoms with Gasteiger partial charge in [0.1, 0.15) is 0 Å². The molecule has 0 aliphatic heterocycles. The highest BCUT2D eigenvalue weighted by Gasteiger charge is 2.25. The first kappa shape index (κ1) is 6.65. The van der Waals surface area contributed by atoms with E-state index in [1.165, 1.54) is 18.4 Å². The highest BCUT2D eigenvalue weighted by molar-refractivity contribution is 5.42. The van der Waals surface area contributed by atoms with Crippen LogP contribution in [0.1, 0.15) is 30.0 Å². The SMILES string of the molecule is Cc1ncc(N)cc1C1CC1. The summed E-state index contributed by atoms with van der Waals surface area (Å²) < 4.78 is 0. The van der Waals surface area contributed by atoms with Gasteiger partial charge in [-0.3, -0.25) is 4.98 Å². The molecule has 2 heteroatoms. The van der Waals surface area contributed by atoms with Gasteiger partial charge in [-0.25, -0.2) is 0 Å². The Morgan fingerprint density at radius 2 is 2.27 bits per heavy atom. The Bertz CT molecular complexity index is 277. The quantitative estimate of drug-likeness (QED) is 0.660. The molecule has 1 aromatic heterocycles. The summed E-state index contributed by atoms with van der Waals surface area (Å²) in [6.07, 6.45) is 4.35. The molecule has 0 radical (unpaired) electrons. The normalized spacial score (nSPS) is 16.8. The van der Waals surface area contributed by atoms with Crippen LogP contribution in [0.2, 0.25) is 0 Å². The molecule has 1 heterocycles. The average Bonchev–Trinajstić information content (AvgIpc) is 2.76. The highest BCUT2D eigenvalue weighted by atomic mass is 14.7. The average molecular weight is 148 g/mol. The van der Waals surface area contributed by atoms with Gasteiger partial charge in [0.2, 0.25) is 0 Å². The Kier molecular flexibility index (Phi) is 1.34. The van der Waals surface area contributed by atoms with E-state index in [4.69, 9.17) is 5.73 Å². The lowest BCUT2D eigenvalue weighted by Gasteiger charge is -2.02. The summed E-state index contributed by atoms with van der Waals surface area (Å²) in [6, 6.07) is 2.06. The standard InChI is InChI=1S/C9H12N2/c1-6-9(7-2-3-7)4-8(10)5-11-6/h4-5,7H,2-3,10H2,1H3. The second-order valence-corrected chi connectivity index (χ2v) is 3.22. The van der Waals surface area contributed by atoms with Gasteiger partial charge in [0.05, 0.1) is 11.9 Å². The second-order valence-electron chi connectivity index (χ2n) is 3.22. The zero-order chi connectivity index (χ0) is 7.84. The second kappa shape index (κ2) is 2.22. The highest BCUT2D eigenvalue weighted by Crippen LogP contribution is 2.41. The maximum absolute atomic E-state index is 5.63. The molecule has 0 aromatic carbocycles. The minimum absolute atomic E-state index is 0.756. The van der Waals surface area contributed by atoms with Gasteiger partial charge in [-0.1, -0.05) is 0 Å². The number of nitrogens with zero attached hydrogens (tertiary/aromatic N) is 1. The molecule has 1 aliphatic carbocycles. The number of anilines is 1. The summed E-state index contributed by atoms with van der Waals surface area (Å²) in [6.45, 7) is 2.05. The molecule has 2 rings (SSSR count). The Labute approximate surface area is 66.4 Å². The van der Waals surface area contributed by atoms with Crippen molar-refractivity contribution in [2.45, 2.75) is 25.7 Å². The van der Waals surface area contributed by atoms with Crippen molar-refractivity contribution in [2.75, 3.05) is 5.73 Å². The fraction of sp³-hybridized carbons (Fsp3) is 0.444. The van der Waals surface area contributed by atoms with Crippen molar-refractivity contribution in [3.63, 3.8) is 0 Å². The molecule has 2 N–H and O–H groups in total. The number of hydrogen-bond donors (Lipinski definition) is 1. The number of rotatable bonds is 1. The summed E-state index contributed by atoms with van der Waals surface area (Å²) in [5.74, 6) is 0.756. The van der Waals surface area contributed by atoms with E-state index >= 15 is 0 Å². The van der Waals surface area contributed by atoms with E-state index < -0.39 is 0 Å². The largest absolute Gasteiger partial charge is 0.397 e. The maximum Gasteiger partial charge on any atom is 0.0503 e. The van der Waals surface area contributed by atoms with Gasteiger partial charge < -0.3 is 5.73 Å². The van der Waals surface area contributed by atoms with E-state index in [2.05, 4.69) is 11.1 Å². The summed E-state index contributed by atoms with van der Waals surface area (Å²) in [7, 11) is 0. The van der Waals surface area contributed by atoms with Gasteiger partial charge in [0.25, 0.3) is 0 Å². The molecule has 1 aromatic rings.